The third-order valence-corrected chi connectivity index (χ3v) is 2.49. The average molecular weight is 316 g/mol. The third kappa shape index (κ3) is 6.61. The molecule has 0 saturated carbocycles. The van der Waals surface area contributed by atoms with Crippen LogP contribution in [0.1, 0.15) is 20.3 Å². The molecule has 1 amide bonds. The van der Waals surface area contributed by atoms with Crippen molar-refractivity contribution in [1.82, 2.24) is 5.48 Å². The fourth-order valence-corrected chi connectivity index (χ4v) is 1.54. The number of nitrogens with one attached hydrogen (secondary N) is 1. The van der Waals surface area contributed by atoms with Gasteiger partial charge in [-0.2, -0.15) is 0 Å². The zero-order valence-electron chi connectivity index (χ0n) is 10.6. The summed E-state index contributed by atoms with van der Waals surface area (Å²) in [6, 6.07) is 7.50. The Hall–Kier alpha value is -1.07. The highest BCUT2D eigenvalue weighted by atomic mass is 79.9. The minimum atomic E-state index is -0.175. The number of benzene rings is 1. The summed E-state index contributed by atoms with van der Waals surface area (Å²) < 4.78 is 6.39. The summed E-state index contributed by atoms with van der Waals surface area (Å²) in [4.78, 5) is 16.4. The largest absolute Gasteiger partial charge is 0.493 e. The van der Waals surface area contributed by atoms with Gasteiger partial charge in [0.1, 0.15) is 5.75 Å². The van der Waals surface area contributed by atoms with E-state index in [0.717, 1.165) is 10.2 Å². The Morgan fingerprint density at radius 1 is 1.44 bits per heavy atom. The molecule has 0 atom stereocenters. The molecule has 4 nitrogen and oxygen atoms in total. The third-order valence-electron chi connectivity index (χ3n) is 2.00. The van der Waals surface area contributed by atoms with Crippen molar-refractivity contribution in [2.75, 3.05) is 13.2 Å². The molecule has 1 aromatic rings. The minimum absolute atomic E-state index is 0.175. The molecule has 0 spiro atoms. The normalized spacial score (nSPS) is 10.4. The first kappa shape index (κ1) is 15.0. The van der Waals surface area contributed by atoms with E-state index in [2.05, 4.69) is 21.4 Å². The summed E-state index contributed by atoms with van der Waals surface area (Å²) in [5.74, 6) is 0.953. The Bertz CT molecular complexity index is 382. The summed E-state index contributed by atoms with van der Waals surface area (Å²) in [7, 11) is 0. The van der Waals surface area contributed by atoms with Crippen molar-refractivity contribution >= 4 is 21.8 Å². The van der Waals surface area contributed by atoms with E-state index < -0.39 is 0 Å². The van der Waals surface area contributed by atoms with Crippen LogP contribution in [0.25, 0.3) is 0 Å². The van der Waals surface area contributed by atoms with Gasteiger partial charge in [0.2, 0.25) is 5.91 Å². The van der Waals surface area contributed by atoms with Crippen LogP contribution < -0.4 is 10.2 Å². The van der Waals surface area contributed by atoms with E-state index in [9.17, 15) is 4.79 Å². The van der Waals surface area contributed by atoms with Crippen molar-refractivity contribution < 1.29 is 14.4 Å². The molecule has 1 aromatic carbocycles. The zero-order chi connectivity index (χ0) is 13.4. The van der Waals surface area contributed by atoms with Gasteiger partial charge >= 0.3 is 0 Å². The van der Waals surface area contributed by atoms with Gasteiger partial charge in [-0.1, -0.05) is 35.8 Å². The van der Waals surface area contributed by atoms with Crippen LogP contribution in [0.15, 0.2) is 28.7 Å². The Morgan fingerprint density at radius 3 is 2.89 bits per heavy atom. The van der Waals surface area contributed by atoms with Gasteiger partial charge in [0.05, 0.1) is 19.6 Å². The van der Waals surface area contributed by atoms with Crippen LogP contribution in [0.3, 0.4) is 0 Å². The molecule has 0 aliphatic rings. The molecule has 100 valence electrons. The fraction of sp³-hybridized carbons (Fsp3) is 0.462. The summed E-state index contributed by atoms with van der Waals surface area (Å²) >= 11 is 3.35. The molecule has 0 bridgehead atoms. The standard InChI is InChI=1S/C13H18BrNO3/c1-10(2)9-18-15-13(16)6-7-17-12-5-3-4-11(14)8-12/h3-5,8,10H,6-7,9H2,1-2H3,(H,15,16). The van der Waals surface area contributed by atoms with Crippen molar-refractivity contribution in [1.29, 1.82) is 0 Å². The van der Waals surface area contributed by atoms with E-state index >= 15 is 0 Å². The van der Waals surface area contributed by atoms with E-state index in [-0.39, 0.29) is 12.3 Å². The lowest BCUT2D eigenvalue weighted by Gasteiger charge is -2.08. The highest BCUT2D eigenvalue weighted by molar-refractivity contribution is 9.10. The second kappa shape index (κ2) is 8.11. The number of rotatable bonds is 7. The van der Waals surface area contributed by atoms with Crippen LogP contribution in [-0.2, 0) is 9.63 Å². The van der Waals surface area contributed by atoms with Gasteiger partial charge in [-0.05, 0) is 24.1 Å². The Labute approximate surface area is 116 Å². The second-order valence-electron chi connectivity index (χ2n) is 4.29. The number of amides is 1. The molecule has 0 unspecified atom stereocenters. The predicted octanol–water partition coefficient (Wildman–Crippen LogP) is 2.92. The van der Waals surface area contributed by atoms with Gasteiger partial charge in [0.25, 0.3) is 0 Å². The molecule has 0 aliphatic carbocycles. The van der Waals surface area contributed by atoms with E-state index in [0.29, 0.717) is 19.1 Å². The van der Waals surface area contributed by atoms with E-state index in [1.165, 1.54) is 0 Å². The van der Waals surface area contributed by atoms with Gasteiger partial charge in [-0.25, -0.2) is 5.48 Å². The first-order valence-corrected chi connectivity index (χ1v) is 6.66. The summed E-state index contributed by atoms with van der Waals surface area (Å²) in [5, 5.41) is 0. The van der Waals surface area contributed by atoms with Crippen molar-refractivity contribution in [2.24, 2.45) is 5.92 Å². The number of carbonyl (C=O) groups excluding carboxylic acids is 1. The van der Waals surface area contributed by atoms with E-state index in [1.54, 1.807) is 0 Å². The first-order valence-electron chi connectivity index (χ1n) is 5.87. The zero-order valence-corrected chi connectivity index (χ0v) is 12.2. The van der Waals surface area contributed by atoms with Crippen LogP contribution in [0, 0.1) is 5.92 Å². The molecule has 0 aliphatic heterocycles. The number of carbonyl (C=O) groups is 1. The van der Waals surface area contributed by atoms with Gasteiger partial charge in [-0.3, -0.25) is 9.63 Å². The lowest BCUT2D eigenvalue weighted by Crippen LogP contribution is -2.26. The highest BCUT2D eigenvalue weighted by Crippen LogP contribution is 2.17. The van der Waals surface area contributed by atoms with Crippen molar-refractivity contribution in [3.8, 4) is 5.75 Å². The first-order chi connectivity index (χ1) is 8.58. The second-order valence-corrected chi connectivity index (χ2v) is 5.20. The monoisotopic (exact) mass is 315 g/mol. The maximum atomic E-state index is 11.4. The molecule has 5 heteroatoms. The highest BCUT2D eigenvalue weighted by Gasteiger charge is 2.03. The summed E-state index contributed by atoms with van der Waals surface area (Å²) in [6.07, 6.45) is 0.268. The topological polar surface area (TPSA) is 47.6 Å². The molecule has 18 heavy (non-hydrogen) atoms. The van der Waals surface area contributed by atoms with Crippen molar-refractivity contribution in [2.45, 2.75) is 20.3 Å². The molecule has 0 fully saturated rings. The van der Waals surface area contributed by atoms with Crippen LogP contribution in [0.2, 0.25) is 0 Å². The molecule has 0 aromatic heterocycles. The predicted molar refractivity (Wildman–Crippen MR) is 73.2 cm³/mol. The fourth-order valence-electron chi connectivity index (χ4n) is 1.16. The average Bonchev–Trinajstić information content (AvgIpc) is 2.28. The number of hydroxylamine groups is 1. The number of hydrogen-bond donors (Lipinski definition) is 1. The summed E-state index contributed by atoms with van der Waals surface area (Å²) in [5.41, 5.74) is 2.38. The van der Waals surface area contributed by atoms with E-state index in [1.807, 2.05) is 38.1 Å². The van der Waals surface area contributed by atoms with Crippen LogP contribution in [-0.4, -0.2) is 19.1 Å². The van der Waals surface area contributed by atoms with Gasteiger partial charge in [0, 0.05) is 4.47 Å². The Kier molecular flexibility index (Phi) is 6.75. The SMILES string of the molecule is CC(C)CONC(=O)CCOc1cccc(Br)c1. The number of halogens is 1. The quantitative estimate of drug-likeness (QED) is 0.787. The van der Waals surface area contributed by atoms with Gasteiger partial charge in [0.15, 0.2) is 0 Å². The van der Waals surface area contributed by atoms with Crippen LogP contribution >= 0.6 is 15.9 Å². The molecular formula is C13H18BrNO3. The van der Waals surface area contributed by atoms with Crippen LogP contribution in [0.4, 0.5) is 0 Å². The minimum Gasteiger partial charge on any atom is -0.493 e. The number of ether oxygens (including phenoxy) is 1. The molecule has 1 rings (SSSR count). The van der Waals surface area contributed by atoms with Crippen molar-refractivity contribution in [3.05, 3.63) is 28.7 Å². The lowest BCUT2D eigenvalue weighted by molar-refractivity contribution is -0.134. The van der Waals surface area contributed by atoms with E-state index in [4.69, 9.17) is 9.57 Å². The van der Waals surface area contributed by atoms with Gasteiger partial charge < -0.3 is 4.74 Å². The van der Waals surface area contributed by atoms with Gasteiger partial charge in [-0.15, -0.1) is 0 Å². The Morgan fingerprint density at radius 2 is 2.22 bits per heavy atom. The maximum Gasteiger partial charge on any atom is 0.246 e. The maximum absolute atomic E-state index is 11.4. The van der Waals surface area contributed by atoms with Crippen molar-refractivity contribution in [3.63, 3.8) is 0 Å². The number of hydrogen-bond acceptors (Lipinski definition) is 3. The smallest absolute Gasteiger partial charge is 0.246 e. The lowest BCUT2D eigenvalue weighted by atomic mass is 10.2. The molecule has 0 saturated heterocycles. The molecule has 0 radical (unpaired) electrons. The van der Waals surface area contributed by atoms with Crippen LogP contribution in [0.5, 0.6) is 5.75 Å². The molecule has 0 heterocycles. The summed E-state index contributed by atoms with van der Waals surface area (Å²) in [6.45, 7) is 4.87. The molecular weight excluding hydrogens is 298 g/mol. The Balaban J connectivity index is 2.15. The molecule has 1 N–H and O–H groups in total.